The predicted molar refractivity (Wildman–Crippen MR) is 107 cm³/mol. The molecule has 0 spiro atoms. The molecule has 0 unspecified atom stereocenters. The average molecular weight is 380 g/mol. The van der Waals surface area contributed by atoms with Crippen LogP contribution >= 0.6 is 0 Å². The highest BCUT2D eigenvalue weighted by Crippen LogP contribution is 2.58. The quantitative estimate of drug-likeness (QED) is 0.665. The van der Waals surface area contributed by atoms with Crippen molar-refractivity contribution in [2.24, 2.45) is 35.5 Å². The van der Waals surface area contributed by atoms with Crippen LogP contribution in [0.1, 0.15) is 77.0 Å². The second kappa shape index (κ2) is 5.67. The fourth-order valence-electron chi connectivity index (χ4n) is 9.27. The topological polar surface area (TPSA) is 31.4 Å². The van der Waals surface area contributed by atoms with E-state index in [1.54, 1.807) is 0 Å². The van der Waals surface area contributed by atoms with Gasteiger partial charge < -0.3 is 9.47 Å². The van der Waals surface area contributed by atoms with Gasteiger partial charge in [-0.05, 0) is 119 Å². The Bertz CT molecular complexity index is 634. The van der Waals surface area contributed by atoms with E-state index in [1.807, 2.05) is 6.20 Å². The molecule has 3 nitrogen and oxygen atoms in total. The molecule has 150 valence electrons. The summed E-state index contributed by atoms with van der Waals surface area (Å²) in [6.07, 6.45) is 18.2. The zero-order chi connectivity index (χ0) is 18.3. The minimum absolute atomic E-state index is 0.0874. The van der Waals surface area contributed by atoms with Crippen LogP contribution in [-0.4, -0.2) is 16.2 Å². The Labute approximate surface area is 168 Å². The Morgan fingerprint density at radius 2 is 1.04 bits per heavy atom. The Morgan fingerprint density at radius 1 is 0.607 bits per heavy atom. The number of rotatable bonds is 4. The van der Waals surface area contributed by atoms with Crippen molar-refractivity contribution in [1.82, 2.24) is 4.98 Å². The first-order chi connectivity index (χ1) is 13.6. The van der Waals surface area contributed by atoms with Gasteiger partial charge in [-0.2, -0.15) is 0 Å². The number of ether oxygens (including phenoxy) is 2. The van der Waals surface area contributed by atoms with Crippen LogP contribution in [-0.2, 0) is 0 Å². The first-order valence-electron chi connectivity index (χ1n) is 12.0. The fourth-order valence-corrected chi connectivity index (χ4v) is 9.27. The molecule has 1 heterocycles. The van der Waals surface area contributed by atoms with E-state index in [0.29, 0.717) is 0 Å². The smallest absolute Gasteiger partial charge is 0.213 e. The molecule has 0 saturated heterocycles. The van der Waals surface area contributed by atoms with Crippen molar-refractivity contribution >= 4 is 0 Å². The van der Waals surface area contributed by atoms with Gasteiger partial charge in [-0.15, -0.1) is 0 Å². The molecule has 0 N–H and O–H groups in total. The number of hydrogen-bond acceptors (Lipinski definition) is 3. The molecule has 1 aromatic heterocycles. The number of aromatic nitrogens is 1. The number of nitrogens with zero attached hydrogens (tertiary/aromatic N) is 1. The molecule has 8 aliphatic carbocycles. The minimum atomic E-state index is 0.0874. The average Bonchev–Trinajstić information content (AvgIpc) is 2.60. The van der Waals surface area contributed by atoms with Gasteiger partial charge in [0.05, 0.1) is 6.20 Å². The van der Waals surface area contributed by atoms with Crippen molar-refractivity contribution in [2.75, 3.05) is 0 Å². The molecule has 8 saturated carbocycles. The van der Waals surface area contributed by atoms with Crippen LogP contribution in [0, 0.1) is 35.5 Å². The summed E-state index contributed by atoms with van der Waals surface area (Å²) >= 11 is 0. The molecule has 28 heavy (non-hydrogen) atoms. The van der Waals surface area contributed by atoms with Crippen LogP contribution in [0.3, 0.4) is 0 Å². The highest BCUT2D eigenvalue weighted by atomic mass is 16.5. The molecule has 0 atom stereocenters. The van der Waals surface area contributed by atoms with Gasteiger partial charge in [-0.1, -0.05) is 0 Å². The summed E-state index contributed by atoms with van der Waals surface area (Å²) in [4.78, 5) is 4.71. The Kier molecular flexibility index (Phi) is 3.35. The standard InChI is InChI=1S/C25H33NO2/c1-2-23(28-25-12-19-6-20(13-25)8-21(7-19)14-25)26-15-22(1)27-24-9-16-3-17(10-24)5-18(4-16)11-24/h1-2,15-21H,3-14H2. The SMILES string of the molecule is c1cc(OC23CC4CC(CC(C4)C2)C3)ncc1OC12CC3CC(CC(C3)C1)C2. The van der Waals surface area contributed by atoms with Crippen molar-refractivity contribution in [3.8, 4) is 11.6 Å². The zero-order valence-electron chi connectivity index (χ0n) is 16.9. The lowest BCUT2D eigenvalue weighted by atomic mass is 9.54. The summed E-state index contributed by atoms with van der Waals surface area (Å²) in [5, 5.41) is 0. The zero-order valence-corrected chi connectivity index (χ0v) is 16.9. The number of hydrogen-bond donors (Lipinski definition) is 0. The van der Waals surface area contributed by atoms with E-state index >= 15 is 0 Å². The second-order valence-corrected chi connectivity index (χ2v) is 11.7. The molecule has 8 aliphatic rings. The van der Waals surface area contributed by atoms with Crippen LogP contribution in [0.4, 0.5) is 0 Å². The molecule has 8 fully saturated rings. The van der Waals surface area contributed by atoms with E-state index in [-0.39, 0.29) is 11.2 Å². The maximum atomic E-state index is 6.65. The van der Waals surface area contributed by atoms with Crippen LogP contribution < -0.4 is 9.47 Å². The van der Waals surface area contributed by atoms with Crippen molar-refractivity contribution in [3.05, 3.63) is 18.3 Å². The van der Waals surface area contributed by atoms with Crippen LogP contribution in [0.25, 0.3) is 0 Å². The van der Waals surface area contributed by atoms with Crippen molar-refractivity contribution < 1.29 is 9.47 Å². The van der Waals surface area contributed by atoms with Crippen molar-refractivity contribution in [1.29, 1.82) is 0 Å². The third-order valence-corrected chi connectivity index (χ3v) is 9.33. The van der Waals surface area contributed by atoms with E-state index in [1.165, 1.54) is 77.0 Å². The third kappa shape index (κ3) is 2.64. The molecular formula is C25H33NO2. The third-order valence-electron chi connectivity index (χ3n) is 9.33. The highest BCUT2D eigenvalue weighted by Gasteiger charge is 2.54. The molecule has 8 bridgehead atoms. The lowest BCUT2D eigenvalue weighted by Gasteiger charge is -2.56. The lowest BCUT2D eigenvalue weighted by Crippen LogP contribution is -2.54. The van der Waals surface area contributed by atoms with E-state index < -0.39 is 0 Å². The van der Waals surface area contributed by atoms with Gasteiger partial charge in [0.1, 0.15) is 17.0 Å². The number of pyridine rings is 1. The summed E-state index contributed by atoms with van der Waals surface area (Å²) in [5.41, 5.74) is 0.197. The lowest BCUT2D eigenvalue weighted by molar-refractivity contribution is -0.111. The highest BCUT2D eigenvalue weighted by molar-refractivity contribution is 5.25. The molecule has 0 amide bonds. The van der Waals surface area contributed by atoms with Crippen molar-refractivity contribution in [2.45, 2.75) is 88.3 Å². The molecule has 0 radical (unpaired) electrons. The summed E-state index contributed by atoms with van der Waals surface area (Å²) in [6, 6.07) is 4.20. The summed E-state index contributed by atoms with van der Waals surface area (Å²) in [5.74, 6) is 7.24. The van der Waals surface area contributed by atoms with E-state index in [4.69, 9.17) is 14.5 Å². The van der Waals surface area contributed by atoms with Gasteiger partial charge in [-0.25, -0.2) is 4.98 Å². The minimum Gasteiger partial charge on any atom is -0.486 e. The first kappa shape index (κ1) is 16.5. The maximum absolute atomic E-state index is 6.65. The molecule has 9 rings (SSSR count). The van der Waals surface area contributed by atoms with E-state index in [9.17, 15) is 0 Å². The monoisotopic (exact) mass is 379 g/mol. The summed E-state index contributed by atoms with van der Waals surface area (Å²) < 4.78 is 13.2. The predicted octanol–water partition coefficient (Wildman–Crippen LogP) is 5.78. The Balaban J connectivity index is 1.07. The first-order valence-corrected chi connectivity index (χ1v) is 12.0. The Morgan fingerprint density at radius 3 is 1.43 bits per heavy atom. The molecular weight excluding hydrogens is 346 g/mol. The van der Waals surface area contributed by atoms with Gasteiger partial charge >= 0.3 is 0 Å². The maximum Gasteiger partial charge on any atom is 0.213 e. The van der Waals surface area contributed by atoms with Gasteiger partial charge in [0.2, 0.25) is 5.88 Å². The Hall–Kier alpha value is -1.25. The molecule has 0 aliphatic heterocycles. The van der Waals surface area contributed by atoms with Crippen LogP contribution in [0.2, 0.25) is 0 Å². The summed E-state index contributed by atoms with van der Waals surface area (Å²) in [7, 11) is 0. The van der Waals surface area contributed by atoms with Crippen molar-refractivity contribution in [3.63, 3.8) is 0 Å². The largest absolute Gasteiger partial charge is 0.486 e. The van der Waals surface area contributed by atoms with Crippen LogP contribution in [0.5, 0.6) is 11.6 Å². The van der Waals surface area contributed by atoms with Crippen LogP contribution in [0.15, 0.2) is 18.3 Å². The molecule has 1 aromatic rings. The molecule has 0 aromatic carbocycles. The normalized spacial score (nSPS) is 50.1. The second-order valence-electron chi connectivity index (χ2n) is 11.7. The van der Waals surface area contributed by atoms with Gasteiger partial charge in [0.25, 0.3) is 0 Å². The summed E-state index contributed by atoms with van der Waals surface area (Å²) in [6.45, 7) is 0. The van der Waals surface area contributed by atoms with E-state index in [0.717, 1.165) is 47.1 Å². The van der Waals surface area contributed by atoms with Gasteiger partial charge in [0.15, 0.2) is 0 Å². The fraction of sp³-hybridized carbons (Fsp3) is 0.800. The van der Waals surface area contributed by atoms with E-state index in [2.05, 4.69) is 12.1 Å². The molecule has 3 heteroatoms. The van der Waals surface area contributed by atoms with Gasteiger partial charge in [-0.3, -0.25) is 0 Å². The van der Waals surface area contributed by atoms with Gasteiger partial charge in [0, 0.05) is 6.07 Å².